The molecule has 2 fully saturated rings. The molecule has 1 aliphatic heterocycles. The van der Waals surface area contributed by atoms with Gasteiger partial charge in [-0.3, -0.25) is 0 Å². The van der Waals surface area contributed by atoms with E-state index in [2.05, 4.69) is 26.1 Å². The molecule has 2 nitrogen and oxygen atoms in total. The molecule has 1 aliphatic carbocycles. The molecule has 2 aliphatic rings. The lowest BCUT2D eigenvalue weighted by Crippen LogP contribution is -2.46. The van der Waals surface area contributed by atoms with Gasteiger partial charge in [0.05, 0.1) is 0 Å². The first-order valence-electron chi connectivity index (χ1n) is 8.97. The fraction of sp³-hybridized carbons (Fsp3) is 1.00. The molecule has 1 saturated heterocycles. The van der Waals surface area contributed by atoms with Crippen molar-refractivity contribution in [1.82, 2.24) is 5.32 Å². The predicted octanol–water partition coefficient (Wildman–Crippen LogP) is 4.39. The maximum atomic E-state index is 5.54. The van der Waals surface area contributed by atoms with E-state index < -0.39 is 0 Å². The molecule has 0 amide bonds. The van der Waals surface area contributed by atoms with Gasteiger partial charge in [-0.2, -0.15) is 0 Å². The topological polar surface area (TPSA) is 21.3 Å². The summed E-state index contributed by atoms with van der Waals surface area (Å²) in [6.07, 6.45) is 11.1. The Kier molecular flexibility index (Phi) is 6.35. The Labute approximate surface area is 126 Å². The third kappa shape index (κ3) is 4.21. The van der Waals surface area contributed by atoms with Crippen molar-refractivity contribution in [2.45, 2.75) is 78.2 Å². The molecular weight excluding hydrogens is 246 g/mol. The highest BCUT2D eigenvalue weighted by molar-refractivity contribution is 4.96. The SMILES string of the molecule is CCNC(CC1CCOCC1)C1(CC(C)C)CCCC1. The Hall–Kier alpha value is -0.0800. The van der Waals surface area contributed by atoms with E-state index in [0.29, 0.717) is 5.41 Å². The van der Waals surface area contributed by atoms with Crippen LogP contribution < -0.4 is 5.32 Å². The largest absolute Gasteiger partial charge is 0.381 e. The van der Waals surface area contributed by atoms with E-state index in [9.17, 15) is 0 Å². The second kappa shape index (κ2) is 7.79. The Bertz CT molecular complexity index is 265. The third-order valence-electron chi connectivity index (χ3n) is 5.51. The quantitative estimate of drug-likeness (QED) is 0.747. The maximum Gasteiger partial charge on any atom is 0.0468 e. The zero-order valence-corrected chi connectivity index (χ0v) is 13.9. The Morgan fingerprint density at radius 3 is 2.35 bits per heavy atom. The third-order valence-corrected chi connectivity index (χ3v) is 5.51. The first-order chi connectivity index (χ1) is 9.66. The summed E-state index contributed by atoms with van der Waals surface area (Å²) >= 11 is 0. The number of rotatable bonds is 7. The van der Waals surface area contributed by atoms with E-state index in [4.69, 9.17) is 4.74 Å². The number of hydrogen-bond donors (Lipinski definition) is 1. The highest BCUT2D eigenvalue weighted by Crippen LogP contribution is 2.47. The van der Waals surface area contributed by atoms with Crippen molar-refractivity contribution in [3.8, 4) is 0 Å². The Balaban J connectivity index is 2.03. The molecule has 0 bridgehead atoms. The smallest absolute Gasteiger partial charge is 0.0468 e. The summed E-state index contributed by atoms with van der Waals surface area (Å²) in [6.45, 7) is 10.2. The second-order valence-corrected chi connectivity index (χ2v) is 7.57. The lowest BCUT2D eigenvalue weighted by atomic mass is 9.69. The van der Waals surface area contributed by atoms with Crippen molar-refractivity contribution in [3.05, 3.63) is 0 Å². The predicted molar refractivity (Wildman–Crippen MR) is 86.0 cm³/mol. The summed E-state index contributed by atoms with van der Waals surface area (Å²) in [5.74, 6) is 1.71. The molecule has 1 saturated carbocycles. The zero-order valence-electron chi connectivity index (χ0n) is 13.9. The minimum atomic E-state index is 0.586. The van der Waals surface area contributed by atoms with Gasteiger partial charge in [0.1, 0.15) is 0 Å². The van der Waals surface area contributed by atoms with Crippen LogP contribution in [0, 0.1) is 17.3 Å². The molecule has 1 N–H and O–H groups in total. The molecule has 1 heterocycles. The van der Waals surface area contributed by atoms with Crippen LogP contribution in [0.2, 0.25) is 0 Å². The van der Waals surface area contributed by atoms with E-state index in [1.165, 1.54) is 51.4 Å². The van der Waals surface area contributed by atoms with Crippen molar-refractivity contribution in [1.29, 1.82) is 0 Å². The molecule has 0 aromatic rings. The van der Waals surface area contributed by atoms with E-state index in [1.54, 1.807) is 0 Å². The van der Waals surface area contributed by atoms with Gasteiger partial charge in [0, 0.05) is 19.3 Å². The molecular formula is C18H35NO. The number of nitrogens with one attached hydrogen (secondary N) is 1. The van der Waals surface area contributed by atoms with Crippen molar-refractivity contribution in [3.63, 3.8) is 0 Å². The van der Waals surface area contributed by atoms with Crippen molar-refractivity contribution in [2.24, 2.45) is 17.3 Å². The van der Waals surface area contributed by atoms with Crippen molar-refractivity contribution < 1.29 is 4.74 Å². The van der Waals surface area contributed by atoms with Crippen molar-refractivity contribution >= 4 is 0 Å². The van der Waals surface area contributed by atoms with Gasteiger partial charge in [0.15, 0.2) is 0 Å². The highest BCUT2D eigenvalue weighted by atomic mass is 16.5. The van der Waals surface area contributed by atoms with Gasteiger partial charge >= 0.3 is 0 Å². The maximum absolute atomic E-state index is 5.54. The molecule has 118 valence electrons. The van der Waals surface area contributed by atoms with Crippen LogP contribution in [-0.2, 0) is 4.74 Å². The van der Waals surface area contributed by atoms with Crippen LogP contribution in [0.4, 0.5) is 0 Å². The summed E-state index contributed by atoms with van der Waals surface area (Å²) in [6, 6.07) is 0.737. The van der Waals surface area contributed by atoms with Crippen LogP contribution >= 0.6 is 0 Å². The Morgan fingerprint density at radius 2 is 1.80 bits per heavy atom. The van der Waals surface area contributed by atoms with Gasteiger partial charge in [0.25, 0.3) is 0 Å². The zero-order chi connectivity index (χ0) is 14.4. The fourth-order valence-electron chi connectivity index (χ4n) is 4.70. The van der Waals surface area contributed by atoms with Crippen LogP contribution in [0.3, 0.4) is 0 Å². The summed E-state index contributed by atoms with van der Waals surface area (Å²) in [4.78, 5) is 0. The standard InChI is InChI=1S/C18H35NO/c1-4-19-17(13-16-7-11-20-12-8-16)18(14-15(2)3)9-5-6-10-18/h15-17,19H,4-14H2,1-3H3. The highest BCUT2D eigenvalue weighted by Gasteiger charge is 2.41. The molecule has 0 radical (unpaired) electrons. The summed E-state index contributed by atoms with van der Waals surface area (Å²) in [5.41, 5.74) is 0.586. The van der Waals surface area contributed by atoms with Crippen LogP contribution in [0.25, 0.3) is 0 Å². The van der Waals surface area contributed by atoms with Gasteiger partial charge < -0.3 is 10.1 Å². The average molecular weight is 281 g/mol. The molecule has 0 spiro atoms. The Morgan fingerprint density at radius 1 is 1.15 bits per heavy atom. The van der Waals surface area contributed by atoms with Crippen molar-refractivity contribution in [2.75, 3.05) is 19.8 Å². The van der Waals surface area contributed by atoms with E-state index in [0.717, 1.165) is 37.6 Å². The van der Waals surface area contributed by atoms with Crippen LogP contribution in [0.5, 0.6) is 0 Å². The lowest BCUT2D eigenvalue weighted by Gasteiger charge is -2.42. The van der Waals surface area contributed by atoms with Gasteiger partial charge in [0.2, 0.25) is 0 Å². The second-order valence-electron chi connectivity index (χ2n) is 7.57. The van der Waals surface area contributed by atoms with E-state index in [-0.39, 0.29) is 0 Å². The van der Waals surface area contributed by atoms with E-state index in [1.807, 2.05) is 0 Å². The minimum Gasteiger partial charge on any atom is -0.381 e. The van der Waals surface area contributed by atoms with Gasteiger partial charge in [-0.15, -0.1) is 0 Å². The monoisotopic (exact) mass is 281 g/mol. The fourth-order valence-corrected chi connectivity index (χ4v) is 4.70. The molecule has 0 aromatic carbocycles. The lowest BCUT2D eigenvalue weighted by molar-refractivity contribution is 0.0474. The molecule has 1 atom stereocenters. The van der Waals surface area contributed by atoms with Gasteiger partial charge in [-0.1, -0.05) is 33.6 Å². The van der Waals surface area contributed by atoms with E-state index >= 15 is 0 Å². The summed E-state index contributed by atoms with van der Waals surface area (Å²) < 4.78 is 5.54. The van der Waals surface area contributed by atoms with Gasteiger partial charge in [-0.05, 0) is 62.3 Å². The van der Waals surface area contributed by atoms with Gasteiger partial charge in [-0.25, -0.2) is 0 Å². The van der Waals surface area contributed by atoms with Crippen LogP contribution in [0.15, 0.2) is 0 Å². The molecule has 2 rings (SSSR count). The normalized spacial score (nSPS) is 25.2. The molecule has 1 unspecified atom stereocenters. The minimum absolute atomic E-state index is 0.586. The molecule has 20 heavy (non-hydrogen) atoms. The summed E-state index contributed by atoms with van der Waals surface area (Å²) in [7, 11) is 0. The first-order valence-corrected chi connectivity index (χ1v) is 8.97. The first kappa shape index (κ1) is 16.3. The van der Waals surface area contributed by atoms with Crippen LogP contribution in [-0.4, -0.2) is 25.8 Å². The number of ether oxygens (including phenoxy) is 1. The molecule has 0 aromatic heterocycles. The average Bonchev–Trinajstić information content (AvgIpc) is 2.88. The van der Waals surface area contributed by atoms with Crippen LogP contribution in [0.1, 0.15) is 72.1 Å². The summed E-state index contributed by atoms with van der Waals surface area (Å²) in [5, 5.41) is 3.88. The number of hydrogen-bond acceptors (Lipinski definition) is 2. The molecule has 2 heteroatoms.